The molecule has 1 aliphatic heterocycles. The van der Waals surface area contributed by atoms with Crippen molar-refractivity contribution in [3.8, 4) is 0 Å². The summed E-state index contributed by atoms with van der Waals surface area (Å²) in [5.74, 6) is -0.274. The van der Waals surface area contributed by atoms with Crippen LogP contribution in [-0.4, -0.2) is 53.4 Å². The van der Waals surface area contributed by atoms with E-state index in [1.807, 2.05) is 13.0 Å². The summed E-state index contributed by atoms with van der Waals surface area (Å²) >= 11 is 0. The van der Waals surface area contributed by atoms with Gasteiger partial charge in [-0.05, 0) is 25.5 Å². The molecule has 7 nitrogen and oxygen atoms in total. The Labute approximate surface area is 181 Å². The molecule has 1 N–H and O–H groups in total. The Balaban J connectivity index is 1.61. The third-order valence-electron chi connectivity index (χ3n) is 5.79. The summed E-state index contributed by atoms with van der Waals surface area (Å²) < 4.78 is 6.86. The number of hydrogen-bond acceptors (Lipinski definition) is 5. The quantitative estimate of drug-likeness (QED) is 0.663. The van der Waals surface area contributed by atoms with Crippen molar-refractivity contribution in [2.24, 2.45) is 0 Å². The third kappa shape index (κ3) is 4.52. The number of nitrogens with zero attached hydrogens (tertiary/aromatic N) is 3. The summed E-state index contributed by atoms with van der Waals surface area (Å²) in [6.07, 6.45) is 0. The number of aromatic nitrogens is 2. The highest BCUT2D eigenvalue weighted by Crippen LogP contribution is 2.22. The molecule has 0 aliphatic carbocycles. The van der Waals surface area contributed by atoms with Crippen LogP contribution in [0.1, 0.15) is 34.6 Å². The van der Waals surface area contributed by atoms with E-state index in [-0.39, 0.29) is 23.2 Å². The molecule has 162 valence electrons. The number of aryl methyl sites for hydroxylation is 2. The molecule has 1 unspecified atom stereocenters. The molecule has 4 rings (SSSR count). The van der Waals surface area contributed by atoms with E-state index in [0.29, 0.717) is 37.1 Å². The normalized spacial score (nSPS) is 15.7. The Bertz CT molecular complexity index is 1120. The number of carbonyl (C=O) groups is 1. The minimum atomic E-state index is -0.274. The Morgan fingerprint density at radius 3 is 2.45 bits per heavy atom. The van der Waals surface area contributed by atoms with E-state index in [0.717, 1.165) is 18.7 Å². The smallest absolute Gasteiger partial charge is 0.274 e. The van der Waals surface area contributed by atoms with Crippen LogP contribution in [0.2, 0.25) is 0 Å². The number of benzene rings is 2. The molecule has 2 aromatic carbocycles. The molecular weight excluding hydrogens is 392 g/mol. The minimum absolute atomic E-state index is 0.0387. The number of ether oxygens (including phenoxy) is 1. The highest BCUT2D eigenvalue weighted by atomic mass is 16.5. The van der Waals surface area contributed by atoms with Crippen molar-refractivity contribution < 1.29 is 9.53 Å². The zero-order valence-corrected chi connectivity index (χ0v) is 18.0. The Morgan fingerprint density at radius 2 is 1.77 bits per heavy atom. The summed E-state index contributed by atoms with van der Waals surface area (Å²) in [6.45, 7) is 7.76. The topological polar surface area (TPSA) is 76.5 Å². The van der Waals surface area contributed by atoms with E-state index in [9.17, 15) is 9.59 Å². The largest absolute Gasteiger partial charge is 0.379 e. The van der Waals surface area contributed by atoms with E-state index in [2.05, 4.69) is 46.5 Å². The first-order valence-electron chi connectivity index (χ1n) is 10.7. The Morgan fingerprint density at radius 1 is 1.10 bits per heavy atom. The van der Waals surface area contributed by atoms with Crippen molar-refractivity contribution in [1.82, 2.24) is 20.0 Å². The maximum absolute atomic E-state index is 13.2. The lowest BCUT2D eigenvalue weighted by Gasteiger charge is -2.35. The molecule has 31 heavy (non-hydrogen) atoms. The van der Waals surface area contributed by atoms with Gasteiger partial charge >= 0.3 is 0 Å². The molecule has 1 aliphatic rings. The van der Waals surface area contributed by atoms with Gasteiger partial charge in [0, 0.05) is 31.6 Å². The minimum Gasteiger partial charge on any atom is -0.379 e. The van der Waals surface area contributed by atoms with Crippen LogP contribution in [0.15, 0.2) is 53.3 Å². The third-order valence-corrected chi connectivity index (χ3v) is 5.79. The van der Waals surface area contributed by atoms with Crippen LogP contribution >= 0.6 is 0 Å². The number of hydrogen-bond donors (Lipinski definition) is 1. The predicted octanol–water partition coefficient (Wildman–Crippen LogP) is 2.53. The maximum atomic E-state index is 13.2. The fraction of sp³-hybridized carbons (Fsp3) is 0.375. The molecule has 7 heteroatoms. The lowest BCUT2D eigenvalue weighted by molar-refractivity contribution is 0.0162. The average Bonchev–Trinajstić information content (AvgIpc) is 2.81. The Hall–Kier alpha value is -3.03. The number of nitrogens with one attached hydrogen (secondary N) is 1. The predicted molar refractivity (Wildman–Crippen MR) is 120 cm³/mol. The summed E-state index contributed by atoms with van der Waals surface area (Å²) in [4.78, 5) is 28.1. The zero-order chi connectivity index (χ0) is 21.8. The zero-order valence-electron chi connectivity index (χ0n) is 18.0. The second-order valence-electron chi connectivity index (χ2n) is 7.80. The number of fused-ring (bicyclic) bond motifs is 1. The lowest BCUT2D eigenvalue weighted by atomic mass is 10.0. The van der Waals surface area contributed by atoms with Crippen LogP contribution in [0.25, 0.3) is 10.8 Å². The Kier molecular flexibility index (Phi) is 6.44. The van der Waals surface area contributed by atoms with Gasteiger partial charge in [-0.25, -0.2) is 4.68 Å². The van der Waals surface area contributed by atoms with Gasteiger partial charge < -0.3 is 10.1 Å². The molecule has 0 spiro atoms. The van der Waals surface area contributed by atoms with Gasteiger partial charge in [-0.1, -0.05) is 48.0 Å². The highest BCUT2D eigenvalue weighted by Gasteiger charge is 2.24. The van der Waals surface area contributed by atoms with Crippen molar-refractivity contribution in [3.63, 3.8) is 0 Å². The first-order chi connectivity index (χ1) is 15.1. The first-order valence-corrected chi connectivity index (χ1v) is 10.7. The van der Waals surface area contributed by atoms with E-state index < -0.39 is 0 Å². The van der Waals surface area contributed by atoms with E-state index in [1.165, 1.54) is 10.2 Å². The second-order valence-corrected chi connectivity index (χ2v) is 7.80. The average molecular weight is 421 g/mol. The molecular formula is C24H28N4O3. The van der Waals surface area contributed by atoms with Crippen molar-refractivity contribution in [3.05, 3.63) is 75.7 Å². The molecule has 0 saturated carbocycles. The van der Waals surface area contributed by atoms with Crippen molar-refractivity contribution in [2.45, 2.75) is 26.4 Å². The van der Waals surface area contributed by atoms with Gasteiger partial charge in [-0.15, -0.1) is 0 Å². The van der Waals surface area contributed by atoms with Gasteiger partial charge in [0.1, 0.15) is 0 Å². The maximum Gasteiger partial charge on any atom is 0.274 e. The molecule has 1 saturated heterocycles. The number of morpholine rings is 1. The summed E-state index contributed by atoms with van der Waals surface area (Å²) in [5.41, 5.74) is 2.46. The summed E-state index contributed by atoms with van der Waals surface area (Å²) in [5, 5.41) is 8.51. The fourth-order valence-electron chi connectivity index (χ4n) is 4.03. The molecule has 1 atom stereocenters. The van der Waals surface area contributed by atoms with Gasteiger partial charge in [0.05, 0.1) is 24.6 Å². The van der Waals surface area contributed by atoms with Crippen molar-refractivity contribution >= 4 is 16.7 Å². The van der Waals surface area contributed by atoms with Gasteiger partial charge in [-0.2, -0.15) is 5.10 Å². The van der Waals surface area contributed by atoms with Crippen LogP contribution in [0, 0.1) is 6.92 Å². The number of carbonyl (C=O) groups excluding carboxylic acids is 1. The van der Waals surface area contributed by atoms with Crippen LogP contribution in [0.3, 0.4) is 0 Å². The molecule has 1 fully saturated rings. The number of rotatable bonds is 6. The standard InChI is InChI=1S/C24H28N4O3/c1-3-28-24(30)20-7-5-4-6-19(20)22(26-28)23(29)25-16-21(27-12-14-31-15-13-27)18-10-8-17(2)9-11-18/h4-11,21H,3,12-16H2,1-2H3,(H,25,29). The van der Waals surface area contributed by atoms with Gasteiger partial charge in [0.2, 0.25) is 0 Å². The van der Waals surface area contributed by atoms with Crippen molar-refractivity contribution in [1.29, 1.82) is 0 Å². The second kappa shape index (κ2) is 9.41. The fourth-order valence-corrected chi connectivity index (χ4v) is 4.03. The highest BCUT2D eigenvalue weighted by molar-refractivity contribution is 6.04. The lowest BCUT2D eigenvalue weighted by Crippen LogP contribution is -2.44. The van der Waals surface area contributed by atoms with Crippen molar-refractivity contribution in [2.75, 3.05) is 32.8 Å². The van der Waals surface area contributed by atoms with E-state index in [1.54, 1.807) is 18.2 Å². The number of amides is 1. The molecule has 2 heterocycles. The van der Waals surface area contributed by atoms with Crippen LogP contribution in [-0.2, 0) is 11.3 Å². The molecule has 1 aromatic heterocycles. The molecule has 3 aromatic rings. The van der Waals surface area contributed by atoms with Gasteiger partial charge in [0.15, 0.2) is 5.69 Å². The first kappa shape index (κ1) is 21.2. The van der Waals surface area contributed by atoms with Gasteiger partial charge in [-0.3, -0.25) is 14.5 Å². The van der Waals surface area contributed by atoms with Crippen LogP contribution < -0.4 is 10.9 Å². The van der Waals surface area contributed by atoms with E-state index >= 15 is 0 Å². The molecule has 0 bridgehead atoms. The van der Waals surface area contributed by atoms with Crippen LogP contribution in [0.4, 0.5) is 0 Å². The monoisotopic (exact) mass is 420 g/mol. The summed E-state index contributed by atoms with van der Waals surface area (Å²) in [7, 11) is 0. The van der Waals surface area contributed by atoms with Crippen LogP contribution in [0.5, 0.6) is 0 Å². The summed E-state index contributed by atoms with van der Waals surface area (Å²) in [6, 6.07) is 15.6. The SMILES string of the molecule is CCn1nc(C(=O)NCC(c2ccc(C)cc2)N2CCOCC2)c2ccccc2c1=O. The van der Waals surface area contributed by atoms with E-state index in [4.69, 9.17) is 4.74 Å². The van der Waals surface area contributed by atoms with Gasteiger partial charge in [0.25, 0.3) is 11.5 Å². The molecule has 1 amide bonds. The molecule has 0 radical (unpaired) electrons.